The van der Waals surface area contributed by atoms with Crippen LogP contribution in [0.4, 0.5) is 0 Å². The van der Waals surface area contributed by atoms with Crippen molar-refractivity contribution in [1.82, 2.24) is 4.90 Å². The second-order valence-corrected chi connectivity index (χ2v) is 6.54. The van der Waals surface area contributed by atoms with Crippen LogP contribution in [0.3, 0.4) is 0 Å². The maximum atomic E-state index is 12.3. The zero-order valence-electron chi connectivity index (χ0n) is 14.2. The zero-order valence-corrected chi connectivity index (χ0v) is 15.0. The van der Waals surface area contributed by atoms with Crippen LogP contribution in [-0.2, 0) is 22.6 Å². The first-order valence-corrected chi connectivity index (χ1v) is 8.79. The summed E-state index contributed by atoms with van der Waals surface area (Å²) >= 11 is 1.56. The molecule has 0 spiro atoms. The molecule has 0 saturated carbocycles. The first-order valence-electron chi connectivity index (χ1n) is 7.91. The Balaban J connectivity index is 1.59. The molecule has 132 valence electrons. The molecule has 1 amide bonds. The van der Waals surface area contributed by atoms with E-state index >= 15 is 0 Å². The number of fused-ring (bicyclic) bond motifs is 1. The van der Waals surface area contributed by atoms with E-state index in [4.69, 9.17) is 14.3 Å². The molecule has 3 rings (SSSR count). The van der Waals surface area contributed by atoms with Crippen LogP contribution in [0.25, 0.3) is 0 Å². The van der Waals surface area contributed by atoms with E-state index in [0.717, 1.165) is 16.9 Å². The topological polar surface area (TPSA) is 60.4 Å². The normalized spacial score (nSPS) is 13.6. The van der Waals surface area contributed by atoms with Gasteiger partial charge in [-0.15, -0.1) is 11.3 Å². The summed E-state index contributed by atoms with van der Waals surface area (Å²) in [6.07, 6.45) is 2.39. The Bertz CT molecular complexity index is 759. The lowest BCUT2D eigenvalue weighted by Gasteiger charge is -2.29. The third-order valence-corrected chi connectivity index (χ3v) is 4.86. The molecule has 7 heteroatoms. The molecule has 0 N–H and O–H groups in total. The van der Waals surface area contributed by atoms with Crippen LogP contribution in [0.5, 0.6) is 11.5 Å². The fourth-order valence-corrected chi connectivity index (χ4v) is 3.31. The molecule has 2 aromatic rings. The molecule has 0 bridgehead atoms. The summed E-state index contributed by atoms with van der Waals surface area (Å²) in [4.78, 5) is 20.2. The molecule has 25 heavy (non-hydrogen) atoms. The summed E-state index contributed by atoms with van der Waals surface area (Å²) in [5.41, 5.74) is 2.25. The highest BCUT2D eigenvalue weighted by Crippen LogP contribution is 2.33. The van der Waals surface area contributed by atoms with Crippen LogP contribution in [0, 0.1) is 0 Å². The van der Waals surface area contributed by atoms with Crippen molar-refractivity contribution in [1.29, 1.82) is 0 Å². The van der Waals surface area contributed by atoms with Crippen LogP contribution >= 0.6 is 11.3 Å². The molecule has 2 heterocycles. The van der Waals surface area contributed by atoms with E-state index in [1.165, 1.54) is 5.56 Å². The Morgan fingerprint density at radius 1 is 1.28 bits per heavy atom. The Labute approximate surface area is 150 Å². The van der Waals surface area contributed by atoms with Crippen LogP contribution in [0.2, 0.25) is 0 Å². The summed E-state index contributed by atoms with van der Waals surface area (Å²) in [6.45, 7) is 1.12. The molecule has 1 aliphatic rings. The van der Waals surface area contributed by atoms with Gasteiger partial charge in [0.15, 0.2) is 18.1 Å². The smallest absolute Gasteiger partial charge is 0.263 e. The third-order valence-electron chi connectivity index (χ3n) is 4.06. The predicted molar refractivity (Wildman–Crippen MR) is 96.5 cm³/mol. The first kappa shape index (κ1) is 17.3. The molecular weight excluding hydrogens is 340 g/mol. The maximum absolute atomic E-state index is 12.3. The van der Waals surface area contributed by atoms with Crippen molar-refractivity contribution in [2.75, 3.05) is 27.4 Å². The van der Waals surface area contributed by atoms with E-state index in [-0.39, 0.29) is 12.5 Å². The van der Waals surface area contributed by atoms with Gasteiger partial charge >= 0.3 is 0 Å². The van der Waals surface area contributed by atoms with Gasteiger partial charge in [0.05, 0.1) is 20.4 Å². The number of hydrogen-bond donors (Lipinski definition) is 0. The maximum Gasteiger partial charge on any atom is 0.263 e. The third kappa shape index (κ3) is 4.11. The average Bonchev–Trinajstić information content (AvgIpc) is 3.16. The number of carbonyl (C=O) groups is 1. The standard InChI is InChI=1S/C18H20N2O4S/c1-22-16-8-13-5-6-20(11-14(13)9-17(16)23-2)18(21)12-24-19-10-15-4-3-7-25-15/h3-4,7-10H,5-6,11-12H2,1-2H3/b19-10+. The van der Waals surface area contributed by atoms with Crippen molar-refractivity contribution >= 4 is 23.5 Å². The Hall–Kier alpha value is -2.54. The number of benzene rings is 1. The average molecular weight is 360 g/mol. The van der Waals surface area contributed by atoms with Gasteiger partial charge in [0.1, 0.15) is 0 Å². The number of oxime groups is 1. The summed E-state index contributed by atoms with van der Waals surface area (Å²) in [5.74, 6) is 1.31. The molecule has 0 unspecified atom stereocenters. The molecule has 0 atom stereocenters. The van der Waals surface area contributed by atoms with Gasteiger partial charge in [-0.05, 0) is 41.1 Å². The lowest BCUT2D eigenvalue weighted by Crippen LogP contribution is -2.38. The van der Waals surface area contributed by atoms with Crippen molar-refractivity contribution in [3.63, 3.8) is 0 Å². The number of rotatable bonds is 6. The molecule has 1 aromatic heterocycles. The van der Waals surface area contributed by atoms with Crippen LogP contribution < -0.4 is 9.47 Å². The Morgan fingerprint density at radius 2 is 2.04 bits per heavy atom. The highest BCUT2D eigenvalue weighted by Gasteiger charge is 2.23. The highest BCUT2D eigenvalue weighted by molar-refractivity contribution is 7.11. The molecule has 0 saturated heterocycles. The number of methoxy groups -OCH3 is 2. The van der Waals surface area contributed by atoms with Crippen LogP contribution in [0.15, 0.2) is 34.8 Å². The van der Waals surface area contributed by atoms with Gasteiger partial charge in [-0.1, -0.05) is 11.2 Å². The fraction of sp³-hybridized carbons (Fsp3) is 0.333. The number of amides is 1. The van der Waals surface area contributed by atoms with Gasteiger partial charge in [0, 0.05) is 18.0 Å². The minimum atomic E-state index is -0.0798. The molecule has 1 aliphatic heterocycles. The van der Waals surface area contributed by atoms with Gasteiger partial charge in [0.25, 0.3) is 5.91 Å². The minimum Gasteiger partial charge on any atom is -0.493 e. The Kier molecular flexibility index (Phi) is 5.55. The van der Waals surface area contributed by atoms with Crippen molar-refractivity contribution in [2.24, 2.45) is 5.16 Å². The Morgan fingerprint density at radius 3 is 2.72 bits per heavy atom. The lowest BCUT2D eigenvalue weighted by molar-refractivity contribution is -0.137. The first-order chi connectivity index (χ1) is 12.2. The number of hydrogen-bond acceptors (Lipinski definition) is 6. The van der Waals surface area contributed by atoms with Crippen molar-refractivity contribution < 1.29 is 19.1 Å². The summed E-state index contributed by atoms with van der Waals surface area (Å²) < 4.78 is 10.7. The molecule has 6 nitrogen and oxygen atoms in total. The molecule has 1 aromatic carbocycles. The number of carbonyl (C=O) groups excluding carboxylic acids is 1. The van der Waals surface area contributed by atoms with Gasteiger partial charge < -0.3 is 19.2 Å². The second kappa shape index (κ2) is 8.02. The van der Waals surface area contributed by atoms with Gasteiger partial charge in [-0.2, -0.15) is 0 Å². The molecule has 0 fully saturated rings. The van der Waals surface area contributed by atoms with E-state index < -0.39 is 0 Å². The number of ether oxygens (including phenoxy) is 2. The number of thiophene rings is 1. The van der Waals surface area contributed by atoms with Gasteiger partial charge in [-0.3, -0.25) is 4.79 Å². The molecule has 0 radical (unpaired) electrons. The SMILES string of the molecule is COc1cc2c(cc1OC)CN(C(=O)CO/N=C/c1cccs1)CC2. The summed E-state index contributed by atoms with van der Waals surface area (Å²) in [6, 6.07) is 7.79. The quantitative estimate of drug-likeness (QED) is 0.587. The molecule has 0 aliphatic carbocycles. The zero-order chi connectivity index (χ0) is 17.6. The van der Waals surface area contributed by atoms with E-state index in [2.05, 4.69) is 5.16 Å². The van der Waals surface area contributed by atoms with E-state index in [0.29, 0.717) is 24.6 Å². The highest BCUT2D eigenvalue weighted by atomic mass is 32.1. The van der Waals surface area contributed by atoms with Crippen molar-refractivity contribution in [2.45, 2.75) is 13.0 Å². The fourth-order valence-electron chi connectivity index (χ4n) is 2.73. The summed E-state index contributed by atoms with van der Waals surface area (Å²) in [5, 5.41) is 5.80. The largest absolute Gasteiger partial charge is 0.493 e. The monoisotopic (exact) mass is 360 g/mol. The summed E-state index contributed by atoms with van der Waals surface area (Å²) in [7, 11) is 3.23. The van der Waals surface area contributed by atoms with Gasteiger partial charge in [0.2, 0.25) is 0 Å². The van der Waals surface area contributed by atoms with E-state index in [9.17, 15) is 4.79 Å². The molecular formula is C18H20N2O4S. The lowest BCUT2D eigenvalue weighted by atomic mass is 9.99. The van der Waals surface area contributed by atoms with Crippen LogP contribution in [0.1, 0.15) is 16.0 Å². The van der Waals surface area contributed by atoms with Crippen molar-refractivity contribution in [3.8, 4) is 11.5 Å². The van der Waals surface area contributed by atoms with Crippen molar-refractivity contribution in [3.05, 3.63) is 45.6 Å². The van der Waals surface area contributed by atoms with E-state index in [1.807, 2.05) is 29.6 Å². The predicted octanol–water partition coefficient (Wildman–Crippen LogP) is 2.70. The van der Waals surface area contributed by atoms with Crippen LogP contribution in [-0.4, -0.2) is 44.4 Å². The van der Waals surface area contributed by atoms with Gasteiger partial charge in [-0.25, -0.2) is 0 Å². The number of nitrogens with zero attached hydrogens (tertiary/aromatic N) is 2. The van der Waals surface area contributed by atoms with E-state index in [1.54, 1.807) is 36.7 Å². The minimum absolute atomic E-state index is 0.0650. The second-order valence-electron chi connectivity index (χ2n) is 5.56.